The van der Waals surface area contributed by atoms with Crippen molar-refractivity contribution in [2.45, 2.75) is 6.92 Å². The van der Waals surface area contributed by atoms with Gasteiger partial charge in [-0.1, -0.05) is 18.2 Å². The van der Waals surface area contributed by atoms with E-state index in [1.807, 2.05) is 0 Å². The summed E-state index contributed by atoms with van der Waals surface area (Å²) < 4.78 is 5.00. The van der Waals surface area contributed by atoms with Gasteiger partial charge in [-0.2, -0.15) is 0 Å². The van der Waals surface area contributed by atoms with Crippen molar-refractivity contribution in [1.29, 1.82) is 0 Å². The van der Waals surface area contributed by atoms with Crippen LogP contribution < -0.4 is 4.74 Å². The number of ether oxygens (including phenoxy) is 1. The van der Waals surface area contributed by atoms with Crippen LogP contribution in [0.5, 0.6) is 5.75 Å². The molecular formula is C11H14O4. The molecule has 0 unspecified atom stereocenters. The largest absolute Gasteiger partial charge is 0.426 e. The molecule has 4 heteroatoms. The Bertz CT molecular complexity index is 317. The van der Waals surface area contributed by atoms with Crippen molar-refractivity contribution in [3.05, 3.63) is 30.3 Å². The minimum atomic E-state index is -1.25. The van der Waals surface area contributed by atoms with Crippen LogP contribution in [0.2, 0.25) is 0 Å². The van der Waals surface area contributed by atoms with Crippen LogP contribution in [0.15, 0.2) is 30.3 Å². The van der Waals surface area contributed by atoms with Crippen molar-refractivity contribution in [3.8, 4) is 5.75 Å². The monoisotopic (exact) mass is 210 g/mol. The molecule has 0 aromatic heterocycles. The lowest BCUT2D eigenvalue weighted by molar-refractivity contribution is -0.149. The third-order valence-electron chi connectivity index (χ3n) is 2.14. The second-order valence-electron chi connectivity index (χ2n) is 3.58. The summed E-state index contributed by atoms with van der Waals surface area (Å²) in [6, 6.07) is 8.53. The van der Waals surface area contributed by atoms with E-state index in [0.29, 0.717) is 5.75 Å². The van der Waals surface area contributed by atoms with Gasteiger partial charge in [0, 0.05) is 0 Å². The fourth-order valence-corrected chi connectivity index (χ4v) is 0.898. The molecule has 0 saturated heterocycles. The summed E-state index contributed by atoms with van der Waals surface area (Å²) in [4.78, 5) is 11.6. The summed E-state index contributed by atoms with van der Waals surface area (Å²) in [5.41, 5.74) is -1.25. The topological polar surface area (TPSA) is 66.8 Å². The molecule has 1 rings (SSSR count). The summed E-state index contributed by atoms with van der Waals surface area (Å²) in [6.45, 7) is 0.544. The van der Waals surface area contributed by atoms with E-state index in [0.717, 1.165) is 0 Å². The molecule has 0 aliphatic rings. The van der Waals surface area contributed by atoms with Crippen molar-refractivity contribution >= 4 is 5.97 Å². The lowest BCUT2D eigenvalue weighted by atomic mass is 9.93. The van der Waals surface area contributed by atoms with Crippen molar-refractivity contribution in [3.63, 3.8) is 0 Å². The van der Waals surface area contributed by atoms with Crippen LogP contribution in [0.3, 0.4) is 0 Å². The number of para-hydroxylation sites is 1. The molecule has 0 spiro atoms. The van der Waals surface area contributed by atoms with Gasteiger partial charge in [-0.15, -0.1) is 0 Å². The minimum Gasteiger partial charge on any atom is -0.426 e. The van der Waals surface area contributed by atoms with Crippen LogP contribution in [0.1, 0.15) is 6.92 Å². The molecule has 0 heterocycles. The van der Waals surface area contributed by atoms with E-state index >= 15 is 0 Å². The first kappa shape index (κ1) is 11.7. The molecule has 0 radical (unpaired) electrons. The average molecular weight is 210 g/mol. The number of carbonyl (C=O) groups is 1. The second-order valence-corrected chi connectivity index (χ2v) is 3.58. The van der Waals surface area contributed by atoms with E-state index in [2.05, 4.69) is 0 Å². The highest BCUT2D eigenvalue weighted by atomic mass is 16.5. The zero-order valence-corrected chi connectivity index (χ0v) is 8.51. The molecule has 82 valence electrons. The van der Waals surface area contributed by atoms with E-state index in [1.54, 1.807) is 30.3 Å². The van der Waals surface area contributed by atoms with Crippen LogP contribution >= 0.6 is 0 Å². The van der Waals surface area contributed by atoms with E-state index in [-0.39, 0.29) is 0 Å². The van der Waals surface area contributed by atoms with Crippen molar-refractivity contribution in [2.75, 3.05) is 13.2 Å². The van der Waals surface area contributed by atoms with Gasteiger partial charge in [0.25, 0.3) is 0 Å². The van der Waals surface area contributed by atoms with E-state index in [4.69, 9.17) is 14.9 Å². The van der Waals surface area contributed by atoms with Gasteiger partial charge in [-0.3, -0.25) is 4.79 Å². The minimum absolute atomic E-state index is 0.399. The number of hydrogen-bond donors (Lipinski definition) is 2. The Morgan fingerprint density at radius 2 is 1.80 bits per heavy atom. The Kier molecular flexibility index (Phi) is 3.82. The first-order valence-electron chi connectivity index (χ1n) is 4.61. The van der Waals surface area contributed by atoms with Crippen molar-refractivity contribution in [2.24, 2.45) is 5.41 Å². The lowest BCUT2D eigenvalue weighted by Crippen LogP contribution is -2.38. The number of aliphatic hydroxyl groups excluding tert-OH is 2. The number of aliphatic hydroxyl groups is 2. The normalized spacial score (nSPS) is 11.1. The van der Waals surface area contributed by atoms with Gasteiger partial charge in [0.05, 0.1) is 13.2 Å². The molecule has 2 N–H and O–H groups in total. The molecule has 0 bridgehead atoms. The molecule has 0 saturated carbocycles. The fraction of sp³-hybridized carbons (Fsp3) is 0.364. The van der Waals surface area contributed by atoms with Crippen LogP contribution in [0.25, 0.3) is 0 Å². The first-order chi connectivity index (χ1) is 7.12. The van der Waals surface area contributed by atoms with Crippen LogP contribution in [-0.4, -0.2) is 29.4 Å². The molecule has 0 amide bonds. The summed E-state index contributed by atoms with van der Waals surface area (Å²) in [7, 11) is 0. The van der Waals surface area contributed by atoms with Gasteiger partial charge in [-0.05, 0) is 19.1 Å². The number of benzene rings is 1. The van der Waals surface area contributed by atoms with Crippen LogP contribution in [-0.2, 0) is 4.79 Å². The van der Waals surface area contributed by atoms with E-state index in [1.165, 1.54) is 6.92 Å². The van der Waals surface area contributed by atoms with Gasteiger partial charge in [0.1, 0.15) is 11.2 Å². The Morgan fingerprint density at radius 3 is 2.27 bits per heavy atom. The van der Waals surface area contributed by atoms with Crippen LogP contribution in [0.4, 0.5) is 0 Å². The predicted octanol–water partition coefficient (Wildman–Crippen LogP) is 0.583. The lowest BCUT2D eigenvalue weighted by Gasteiger charge is -2.21. The quantitative estimate of drug-likeness (QED) is 0.563. The zero-order chi connectivity index (χ0) is 11.3. The number of hydrogen-bond acceptors (Lipinski definition) is 4. The standard InChI is InChI=1S/C11H14O4/c1-11(7-12,8-13)10(14)15-9-5-3-2-4-6-9/h2-6,12-13H,7-8H2,1H3. The molecule has 1 aromatic carbocycles. The highest BCUT2D eigenvalue weighted by Gasteiger charge is 2.34. The number of rotatable bonds is 4. The average Bonchev–Trinajstić information content (AvgIpc) is 2.29. The highest BCUT2D eigenvalue weighted by Crippen LogP contribution is 2.19. The fourth-order valence-electron chi connectivity index (χ4n) is 0.898. The molecule has 4 nitrogen and oxygen atoms in total. The smallest absolute Gasteiger partial charge is 0.321 e. The molecule has 0 atom stereocenters. The van der Waals surface area contributed by atoms with Gasteiger partial charge in [0.15, 0.2) is 0 Å². The Hall–Kier alpha value is -1.39. The third kappa shape index (κ3) is 2.78. The summed E-state index contributed by atoms with van der Waals surface area (Å²) in [6.07, 6.45) is 0. The molecular weight excluding hydrogens is 196 g/mol. The Labute approximate surface area is 88.1 Å². The summed E-state index contributed by atoms with van der Waals surface area (Å²) in [5.74, 6) is -0.241. The maximum atomic E-state index is 11.6. The number of carbonyl (C=O) groups excluding carboxylic acids is 1. The van der Waals surface area contributed by atoms with Crippen molar-refractivity contribution in [1.82, 2.24) is 0 Å². The summed E-state index contributed by atoms with van der Waals surface area (Å²) in [5, 5.41) is 17.9. The van der Waals surface area contributed by atoms with Gasteiger partial charge >= 0.3 is 5.97 Å². The predicted molar refractivity (Wildman–Crippen MR) is 54.4 cm³/mol. The maximum absolute atomic E-state index is 11.6. The van der Waals surface area contributed by atoms with Gasteiger partial charge in [0.2, 0.25) is 0 Å². The first-order valence-corrected chi connectivity index (χ1v) is 4.61. The van der Waals surface area contributed by atoms with Crippen molar-refractivity contribution < 1.29 is 19.7 Å². The van der Waals surface area contributed by atoms with Gasteiger partial charge in [-0.25, -0.2) is 0 Å². The van der Waals surface area contributed by atoms with Crippen LogP contribution in [0, 0.1) is 5.41 Å². The summed E-state index contributed by atoms with van der Waals surface area (Å²) >= 11 is 0. The molecule has 15 heavy (non-hydrogen) atoms. The number of esters is 1. The highest BCUT2D eigenvalue weighted by molar-refractivity contribution is 5.79. The van der Waals surface area contributed by atoms with E-state index in [9.17, 15) is 4.79 Å². The Morgan fingerprint density at radius 1 is 1.27 bits per heavy atom. The maximum Gasteiger partial charge on any atom is 0.321 e. The van der Waals surface area contributed by atoms with E-state index < -0.39 is 24.6 Å². The SMILES string of the molecule is CC(CO)(CO)C(=O)Oc1ccccc1. The third-order valence-corrected chi connectivity index (χ3v) is 2.14. The molecule has 1 aromatic rings. The molecule has 0 aliphatic carbocycles. The molecule has 0 fully saturated rings. The Balaban J connectivity index is 2.71. The zero-order valence-electron chi connectivity index (χ0n) is 8.51. The molecule has 0 aliphatic heterocycles. The van der Waals surface area contributed by atoms with Gasteiger partial charge < -0.3 is 14.9 Å². The second kappa shape index (κ2) is 4.91.